The number of thiophene rings is 1. The van der Waals surface area contributed by atoms with Crippen LogP contribution in [-0.2, 0) is 19.4 Å². The van der Waals surface area contributed by atoms with Gasteiger partial charge in [0.2, 0.25) is 5.91 Å². The molecule has 1 aromatic heterocycles. The van der Waals surface area contributed by atoms with E-state index in [1.165, 1.54) is 6.07 Å². The standard InChI is InChI=1S/C15H23N4O6PS2/c16-6-2-1-3-12(17)15(20)19-11-4-5-13-10(7-11)8-14(27-13)28(24,25)18-9-26(21,22)23/h4-5,7-8,12,18H,1-3,6,9,16-17H2,(H,19,20)(H2,21,22,23)/t12-/m0/s1. The Kier molecular flexibility index (Phi) is 7.71. The number of unbranched alkanes of at least 4 members (excludes halogenated alkanes) is 1. The molecule has 0 radical (unpaired) electrons. The van der Waals surface area contributed by atoms with Gasteiger partial charge in [-0.25, -0.2) is 8.42 Å². The smallest absolute Gasteiger partial charge is 0.330 e. The van der Waals surface area contributed by atoms with Crippen LogP contribution in [0.15, 0.2) is 28.5 Å². The third-order valence-corrected chi connectivity index (χ3v) is 7.57. The summed E-state index contributed by atoms with van der Waals surface area (Å²) in [6.07, 6.45) is 1.07. The Morgan fingerprint density at radius 3 is 2.61 bits per heavy atom. The lowest BCUT2D eigenvalue weighted by molar-refractivity contribution is -0.117. The Labute approximate surface area is 166 Å². The molecule has 0 saturated heterocycles. The number of carbonyl (C=O) groups excluding carboxylic acids is 1. The molecule has 8 N–H and O–H groups in total. The Balaban J connectivity index is 2.12. The summed E-state index contributed by atoms with van der Waals surface area (Å²) in [5, 5.41) is 3.26. The second kappa shape index (κ2) is 9.42. The van der Waals surface area contributed by atoms with Crippen LogP contribution in [0, 0.1) is 0 Å². The summed E-state index contributed by atoms with van der Waals surface area (Å²) in [6.45, 7) is 0.539. The topological polar surface area (TPSA) is 185 Å². The van der Waals surface area contributed by atoms with Gasteiger partial charge in [0.25, 0.3) is 10.0 Å². The fourth-order valence-electron chi connectivity index (χ4n) is 2.34. The average molecular weight is 450 g/mol. The molecule has 0 bridgehead atoms. The molecule has 10 nitrogen and oxygen atoms in total. The molecule has 13 heteroatoms. The number of fused-ring (bicyclic) bond motifs is 1. The Morgan fingerprint density at radius 1 is 1.25 bits per heavy atom. The van der Waals surface area contributed by atoms with E-state index in [-0.39, 0.29) is 10.1 Å². The quantitative estimate of drug-likeness (QED) is 0.226. The van der Waals surface area contributed by atoms with Crippen LogP contribution in [0.25, 0.3) is 10.1 Å². The summed E-state index contributed by atoms with van der Waals surface area (Å²) in [6, 6.07) is 5.59. The van der Waals surface area contributed by atoms with Gasteiger partial charge in [-0.1, -0.05) is 6.42 Å². The van der Waals surface area contributed by atoms with Gasteiger partial charge in [0.1, 0.15) is 10.5 Å². The molecule has 0 fully saturated rings. The molecule has 0 aliphatic carbocycles. The number of rotatable bonds is 10. The molecule has 1 heterocycles. The van der Waals surface area contributed by atoms with E-state index < -0.39 is 29.9 Å². The molecule has 0 unspecified atom stereocenters. The number of sulfonamides is 1. The van der Waals surface area contributed by atoms with E-state index in [4.69, 9.17) is 21.3 Å². The van der Waals surface area contributed by atoms with Crippen molar-refractivity contribution in [1.82, 2.24) is 4.72 Å². The van der Waals surface area contributed by atoms with Crippen molar-refractivity contribution in [2.45, 2.75) is 29.5 Å². The number of anilines is 1. The number of nitrogens with two attached hydrogens (primary N) is 2. The first-order valence-corrected chi connectivity index (χ1v) is 12.5. The maximum absolute atomic E-state index is 12.2. The highest BCUT2D eigenvalue weighted by molar-refractivity contribution is 7.92. The Morgan fingerprint density at radius 2 is 1.96 bits per heavy atom. The maximum Gasteiger partial charge on any atom is 0.340 e. The molecule has 2 aromatic rings. The van der Waals surface area contributed by atoms with Crippen LogP contribution in [0.2, 0.25) is 0 Å². The second-order valence-corrected chi connectivity index (χ2v) is 10.9. The highest BCUT2D eigenvalue weighted by atomic mass is 32.2. The second-order valence-electron chi connectivity index (χ2n) is 6.17. The molecule has 0 aliphatic rings. The number of hydrogen-bond acceptors (Lipinski definition) is 7. The summed E-state index contributed by atoms with van der Waals surface area (Å²) in [7, 11) is -8.57. The van der Waals surface area contributed by atoms with Gasteiger partial charge < -0.3 is 26.6 Å². The van der Waals surface area contributed by atoms with E-state index >= 15 is 0 Å². The molecule has 1 amide bonds. The molecule has 2 rings (SSSR count). The van der Waals surface area contributed by atoms with Gasteiger partial charge in [0.05, 0.1) is 6.04 Å². The van der Waals surface area contributed by atoms with Gasteiger partial charge in [-0.15, -0.1) is 11.3 Å². The van der Waals surface area contributed by atoms with Gasteiger partial charge in [0, 0.05) is 10.4 Å². The van der Waals surface area contributed by atoms with Gasteiger partial charge >= 0.3 is 7.60 Å². The van der Waals surface area contributed by atoms with Crippen LogP contribution in [-0.4, -0.2) is 43.0 Å². The first-order valence-electron chi connectivity index (χ1n) is 8.36. The lowest BCUT2D eigenvalue weighted by Gasteiger charge is -2.12. The fourth-order valence-corrected chi connectivity index (χ4v) is 5.78. The van der Waals surface area contributed by atoms with Crippen LogP contribution in [0.1, 0.15) is 19.3 Å². The highest BCUT2D eigenvalue weighted by Crippen LogP contribution is 2.34. The zero-order valence-corrected chi connectivity index (χ0v) is 17.4. The molecule has 0 spiro atoms. The van der Waals surface area contributed by atoms with Crippen LogP contribution in [0.4, 0.5) is 5.69 Å². The van der Waals surface area contributed by atoms with E-state index in [9.17, 15) is 17.8 Å². The van der Waals surface area contributed by atoms with Gasteiger partial charge in [-0.3, -0.25) is 9.36 Å². The predicted octanol–water partition coefficient (Wildman–Crippen LogP) is 0.710. The maximum atomic E-state index is 12.2. The third kappa shape index (κ3) is 6.61. The highest BCUT2D eigenvalue weighted by Gasteiger charge is 2.22. The van der Waals surface area contributed by atoms with E-state index in [0.717, 1.165) is 24.2 Å². The molecular weight excluding hydrogens is 427 g/mol. The van der Waals surface area contributed by atoms with Crippen molar-refractivity contribution in [3.63, 3.8) is 0 Å². The van der Waals surface area contributed by atoms with Crippen molar-refractivity contribution in [2.24, 2.45) is 11.5 Å². The number of amides is 1. The zero-order chi connectivity index (χ0) is 20.9. The summed E-state index contributed by atoms with van der Waals surface area (Å²) < 4.78 is 37.7. The Bertz CT molecular complexity index is 988. The van der Waals surface area contributed by atoms with Crippen molar-refractivity contribution in [3.05, 3.63) is 24.3 Å². The predicted molar refractivity (Wildman–Crippen MR) is 109 cm³/mol. The lowest BCUT2D eigenvalue weighted by Crippen LogP contribution is -2.35. The van der Waals surface area contributed by atoms with Crippen LogP contribution < -0.4 is 21.5 Å². The molecule has 156 valence electrons. The van der Waals surface area contributed by atoms with Crippen molar-refractivity contribution < 1.29 is 27.6 Å². The van der Waals surface area contributed by atoms with Gasteiger partial charge in [0.15, 0.2) is 0 Å². The van der Waals surface area contributed by atoms with Crippen molar-refractivity contribution in [1.29, 1.82) is 0 Å². The molecule has 1 atom stereocenters. The third-order valence-electron chi connectivity index (χ3n) is 3.79. The molecule has 0 saturated carbocycles. The lowest BCUT2D eigenvalue weighted by atomic mass is 10.1. The fraction of sp³-hybridized carbons (Fsp3) is 0.400. The number of carbonyl (C=O) groups is 1. The number of benzene rings is 1. The SMILES string of the molecule is NCCCC[C@H](N)C(=O)Nc1ccc2sc(S(=O)(=O)NCP(=O)(O)O)cc2c1. The first-order chi connectivity index (χ1) is 13.0. The van der Waals surface area contributed by atoms with Gasteiger partial charge in [-0.05, 0) is 49.0 Å². The Hall–Kier alpha value is -1.37. The monoisotopic (exact) mass is 450 g/mol. The molecule has 28 heavy (non-hydrogen) atoms. The largest absolute Gasteiger partial charge is 0.340 e. The first kappa shape index (κ1) is 22.9. The minimum absolute atomic E-state index is 0.0853. The number of nitrogens with one attached hydrogen (secondary N) is 2. The number of hydrogen-bond donors (Lipinski definition) is 6. The molecule has 0 aliphatic heterocycles. The van der Waals surface area contributed by atoms with E-state index in [2.05, 4.69) is 5.32 Å². The minimum atomic E-state index is -4.51. The normalized spacial score (nSPS) is 13.6. The summed E-state index contributed by atoms with van der Waals surface area (Å²) in [5.41, 5.74) is 11.7. The summed E-state index contributed by atoms with van der Waals surface area (Å²) in [4.78, 5) is 29.8. The zero-order valence-electron chi connectivity index (χ0n) is 14.9. The van der Waals surface area contributed by atoms with Crippen molar-refractivity contribution in [2.75, 3.05) is 18.1 Å². The van der Waals surface area contributed by atoms with Crippen molar-refractivity contribution in [3.8, 4) is 0 Å². The summed E-state index contributed by atoms with van der Waals surface area (Å²) >= 11 is 0.950. The molecule has 1 aromatic carbocycles. The van der Waals surface area contributed by atoms with Crippen LogP contribution in [0.5, 0.6) is 0 Å². The van der Waals surface area contributed by atoms with E-state index in [1.807, 2.05) is 4.72 Å². The minimum Gasteiger partial charge on any atom is -0.330 e. The van der Waals surface area contributed by atoms with Gasteiger partial charge in [-0.2, -0.15) is 4.72 Å². The van der Waals surface area contributed by atoms with E-state index in [0.29, 0.717) is 28.7 Å². The average Bonchev–Trinajstić information content (AvgIpc) is 3.04. The van der Waals surface area contributed by atoms with Crippen LogP contribution >= 0.6 is 18.9 Å². The summed E-state index contributed by atoms with van der Waals surface area (Å²) in [5.74, 6) is -0.345. The van der Waals surface area contributed by atoms with E-state index in [1.54, 1.807) is 18.2 Å². The molecular formula is C15H23N4O6PS2. The van der Waals surface area contributed by atoms with Crippen LogP contribution in [0.3, 0.4) is 0 Å². The van der Waals surface area contributed by atoms with Crippen molar-refractivity contribution >= 4 is 50.6 Å².